The number of carbonyl (C=O) groups is 1. The van der Waals surface area contributed by atoms with Crippen LogP contribution in [0.1, 0.15) is 71.6 Å². The number of allylic oxidation sites excluding steroid dienone is 2. The standard InChI is InChI=1S/C19H31FO3/c1-3-5-7-8-9-10-14-23-19(21)16-11-12-18(17(20)15-16)22-13-6-4-2/h11-12,16H,3-10,13-15H2,1-2H3. The second kappa shape index (κ2) is 12.1. The summed E-state index contributed by atoms with van der Waals surface area (Å²) in [5.74, 6) is -0.949. The van der Waals surface area contributed by atoms with Crippen LogP contribution in [0.5, 0.6) is 0 Å². The van der Waals surface area contributed by atoms with E-state index in [0.717, 1.165) is 25.7 Å². The van der Waals surface area contributed by atoms with Crippen LogP contribution in [0.15, 0.2) is 23.7 Å². The van der Waals surface area contributed by atoms with E-state index in [1.165, 1.54) is 25.7 Å². The Bertz CT molecular complexity index is 401. The first kappa shape index (κ1) is 19.7. The molecule has 0 aromatic carbocycles. The van der Waals surface area contributed by atoms with Crippen molar-refractivity contribution in [3.05, 3.63) is 23.7 Å². The first-order chi connectivity index (χ1) is 11.2. The summed E-state index contributed by atoms with van der Waals surface area (Å²) >= 11 is 0. The van der Waals surface area contributed by atoms with Crippen molar-refractivity contribution < 1.29 is 18.7 Å². The Kier molecular flexibility index (Phi) is 10.4. The third kappa shape index (κ3) is 8.19. The molecule has 0 aromatic rings. The Hall–Kier alpha value is -1.32. The fourth-order valence-electron chi connectivity index (χ4n) is 2.43. The Labute approximate surface area is 139 Å². The van der Waals surface area contributed by atoms with Gasteiger partial charge in [0.25, 0.3) is 0 Å². The summed E-state index contributed by atoms with van der Waals surface area (Å²) in [4.78, 5) is 11.9. The lowest BCUT2D eigenvalue weighted by atomic mass is 9.99. The SMILES string of the molecule is CCCCCCCCOC(=O)C1C=CC(OCCCC)=C(F)C1. The maximum Gasteiger partial charge on any atom is 0.313 e. The normalized spacial score (nSPS) is 17.4. The van der Waals surface area contributed by atoms with Gasteiger partial charge in [-0.1, -0.05) is 58.4 Å². The van der Waals surface area contributed by atoms with Gasteiger partial charge in [-0.2, -0.15) is 0 Å². The fourth-order valence-corrected chi connectivity index (χ4v) is 2.43. The minimum atomic E-state index is -0.520. The van der Waals surface area contributed by atoms with Crippen LogP contribution in [0, 0.1) is 5.92 Å². The predicted octanol–water partition coefficient (Wildman–Crippen LogP) is 5.46. The molecule has 1 unspecified atom stereocenters. The topological polar surface area (TPSA) is 35.5 Å². The van der Waals surface area contributed by atoms with E-state index in [-0.39, 0.29) is 24.0 Å². The molecule has 0 N–H and O–H groups in total. The van der Waals surface area contributed by atoms with E-state index < -0.39 is 5.92 Å². The number of hydrogen-bond donors (Lipinski definition) is 0. The zero-order valence-electron chi connectivity index (χ0n) is 14.6. The van der Waals surface area contributed by atoms with Crippen LogP contribution in [-0.4, -0.2) is 19.2 Å². The van der Waals surface area contributed by atoms with Crippen LogP contribution in [-0.2, 0) is 14.3 Å². The van der Waals surface area contributed by atoms with Crippen molar-refractivity contribution in [1.82, 2.24) is 0 Å². The predicted molar refractivity (Wildman–Crippen MR) is 90.6 cm³/mol. The molecular weight excluding hydrogens is 295 g/mol. The van der Waals surface area contributed by atoms with Gasteiger partial charge < -0.3 is 9.47 Å². The first-order valence-electron chi connectivity index (χ1n) is 9.05. The van der Waals surface area contributed by atoms with Crippen molar-refractivity contribution in [3.8, 4) is 0 Å². The maximum absolute atomic E-state index is 13.9. The van der Waals surface area contributed by atoms with Crippen LogP contribution in [0.25, 0.3) is 0 Å². The molecule has 0 spiro atoms. The van der Waals surface area contributed by atoms with E-state index in [9.17, 15) is 9.18 Å². The highest BCUT2D eigenvalue weighted by Gasteiger charge is 2.24. The molecule has 0 fully saturated rings. The van der Waals surface area contributed by atoms with Crippen LogP contribution < -0.4 is 0 Å². The summed E-state index contributed by atoms with van der Waals surface area (Å²) in [6.07, 6.45) is 12.1. The maximum atomic E-state index is 13.9. The molecule has 23 heavy (non-hydrogen) atoms. The van der Waals surface area contributed by atoms with E-state index in [4.69, 9.17) is 9.47 Å². The Morgan fingerprint density at radius 3 is 2.48 bits per heavy atom. The number of carbonyl (C=O) groups excluding carboxylic acids is 1. The summed E-state index contributed by atoms with van der Waals surface area (Å²) < 4.78 is 24.6. The molecule has 0 bridgehead atoms. The molecule has 3 nitrogen and oxygen atoms in total. The number of ether oxygens (including phenoxy) is 2. The lowest BCUT2D eigenvalue weighted by Crippen LogP contribution is -2.19. The fraction of sp³-hybridized carbons (Fsp3) is 0.737. The summed E-state index contributed by atoms with van der Waals surface area (Å²) in [6, 6.07) is 0. The molecule has 0 aromatic heterocycles. The van der Waals surface area contributed by atoms with Crippen LogP contribution in [0.4, 0.5) is 4.39 Å². The zero-order valence-corrected chi connectivity index (χ0v) is 14.6. The van der Waals surface area contributed by atoms with Crippen LogP contribution >= 0.6 is 0 Å². The van der Waals surface area contributed by atoms with Gasteiger partial charge in [-0.25, -0.2) is 4.39 Å². The first-order valence-corrected chi connectivity index (χ1v) is 9.05. The number of unbranched alkanes of at least 4 members (excludes halogenated alkanes) is 6. The molecule has 0 heterocycles. The van der Waals surface area contributed by atoms with Crippen molar-refractivity contribution in [2.75, 3.05) is 13.2 Å². The average Bonchev–Trinajstić information content (AvgIpc) is 2.55. The number of halogens is 1. The molecule has 1 aliphatic rings. The van der Waals surface area contributed by atoms with Crippen molar-refractivity contribution in [1.29, 1.82) is 0 Å². The summed E-state index contributed by atoms with van der Waals surface area (Å²) in [5, 5.41) is 0. The Balaban J connectivity index is 2.20. The minimum Gasteiger partial charge on any atom is -0.491 e. The van der Waals surface area contributed by atoms with E-state index >= 15 is 0 Å². The highest BCUT2D eigenvalue weighted by molar-refractivity contribution is 5.75. The van der Waals surface area contributed by atoms with Crippen molar-refractivity contribution in [3.63, 3.8) is 0 Å². The van der Waals surface area contributed by atoms with E-state index in [1.807, 2.05) is 0 Å². The second-order valence-corrected chi connectivity index (χ2v) is 6.08. The van der Waals surface area contributed by atoms with Crippen molar-refractivity contribution in [2.24, 2.45) is 5.92 Å². The molecule has 0 saturated carbocycles. The van der Waals surface area contributed by atoms with E-state index in [1.54, 1.807) is 12.2 Å². The van der Waals surface area contributed by atoms with Gasteiger partial charge in [0.05, 0.1) is 19.1 Å². The van der Waals surface area contributed by atoms with E-state index in [2.05, 4.69) is 13.8 Å². The van der Waals surface area contributed by atoms with Crippen molar-refractivity contribution >= 4 is 5.97 Å². The molecule has 4 heteroatoms. The summed E-state index contributed by atoms with van der Waals surface area (Å²) in [7, 11) is 0. The smallest absolute Gasteiger partial charge is 0.313 e. The zero-order chi connectivity index (χ0) is 16.9. The van der Waals surface area contributed by atoms with Gasteiger partial charge in [-0.15, -0.1) is 0 Å². The van der Waals surface area contributed by atoms with Gasteiger partial charge in [0.15, 0.2) is 0 Å². The lowest BCUT2D eigenvalue weighted by Gasteiger charge is -2.17. The van der Waals surface area contributed by atoms with Gasteiger partial charge in [-0.05, 0) is 18.9 Å². The molecule has 0 saturated heterocycles. The Morgan fingerprint density at radius 2 is 1.78 bits per heavy atom. The van der Waals surface area contributed by atoms with Crippen molar-refractivity contribution in [2.45, 2.75) is 71.6 Å². The minimum absolute atomic E-state index is 0.0489. The number of hydrogen-bond acceptors (Lipinski definition) is 3. The summed E-state index contributed by atoms with van der Waals surface area (Å²) in [5.41, 5.74) is 0. The second-order valence-electron chi connectivity index (χ2n) is 6.08. The molecule has 0 amide bonds. The molecule has 0 aliphatic heterocycles. The molecule has 1 aliphatic carbocycles. The van der Waals surface area contributed by atoms with E-state index in [0.29, 0.717) is 13.2 Å². The van der Waals surface area contributed by atoms with Gasteiger partial charge in [-0.3, -0.25) is 4.79 Å². The molecular formula is C19H31FO3. The molecule has 1 atom stereocenters. The number of esters is 1. The molecule has 1 rings (SSSR count). The lowest BCUT2D eigenvalue weighted by molar-refractivity contribution is -0.147. The summed E-state index contributed by atoms with van der Waals surface area (Å²) in [6.45, 7) is 5.19. The molecule has 0 radical (unpaired) electrons. The third-order valence-electron chi connectivity index (χ3n) is 3.95. The highest BCUT2D eigenvalue weighted by Crippen LogP contribution is 2.26. The molecule has 132 valence electrons. The highest BCUT2D eigenvalue weighted by atomic mass is 19.1. The average molecular weight is 326 g/mol. The van der Waals surface area contributed by atoms with Crippen LogP contribution in [0.3, 0.4) is 0 Å². The number of rotatable bonds is 12. The van der Waals surface area contributed by atoms with Gasteiger partial charge in [0.1, 0.15) is 11.6 Å². The van der Waals surface area contributed by atoms with Crippen LogP contribution in [0.2, 0.25) is 0 Å². The van der Waals surface area contributed by atoms with Gasteiger partial charge >= 0.3 is 5.97 Å². The van der Waals surface area contributed by atoms with Gasteiger partial charge in [0.2, 0.25) is 0 Å². The van der Waals surface area contributed by atoms with Gasteiger partial charge in [0, 0.05) is 6.42 Å². The Morgan fingerprint density at radius 1 is 1.09 bits per heavy atom. The third-order valence-corrected chi connectivity index (χ3v) is 3.95. The monoisotopic (exact) mass is 326 g/mol. The largest absolute Gasteiger partial charge is 0.491 e. The quantitative estimate of drug-likeness (QED) is 0.353.